The summed E-state index contributed by atoms with van der Waals surface area (Å²) in [5.41, 5.74) is -3.50. The Morgan fingerprint density at radius 3 is 2.07 bits per heavy atom. The van der Waals surface area contributed by atoms with Gasteiger partial charge in [0, 0.05) is 5.69 Å². The third kappa shape index (κ3) is 5.15. The largest absolute Gasteiger partial charge is 0.484 e. The van der Waals surface area contributed by atoms with E-state index < -0.39 is 30.3 Å². The lowest BCUT2D eigenvalue weighted by Crippen LogP contribution is -2.69. The van der Waals surface area contributed by atoms with E-state index in [1.54, 1.807) is 29.6 Å². The molecule has 0 heterocycles. The molecule has 1 amide bonds. The van der Waals surface area contributed by atoms with E-state index >= 15 is 0 Å². The summed E-state index contributed by atoms with van der Waals surface area (Å²) in [5.74, 6) is -2.54. The molecule has 0 saturated heterocycles. The summed E-state index contributed by atoms with van der Waals surface area (Å²) in [6.07, 6.45) is -5.20. The van der Waals surface area contributed by atoms with Gasteiger partial charge in [-0.3, -0.25) is 4.79 Å². The molecule has 0 radical (unpaired) electrons. The number of nitrogens with one attached hydrogen (secondary N) is 2. The summed E-state index contributed by atoms with van der Waals surface area (Å²) in [5, 5.41) is 3.76. The van der Waals surface area contributed by atoms with E-state index in [2.05, 4.69) is 10.1 Å². The Hall–Kier alpha value is -3.23. The van der Waals surface area contributed by atoms with Crippen molar-refractivity contribution in [2.45, 2.75) is 18.8 Å². The van der Waals surface area contributed by atoms with Crippen LogP contribution in [0.4, 0.5) is 18.9 Å². The Bertz CT molecular complexity index is 785. The van der Waals surface area contributed by atoms with Gasteiger partial charge in [0.15, 0.2) is 6.61 Å². The summed E-state index contributed by atoms with van der Waals surface area (Å²) >= 11 is 0. The minimum absolute atomic E-state index is 0.0304. The summed E-state index contributed by atoms with van der Waals surface area (Å²) in [7, 11) is 0. The number of hydrogen-bond donors (Lipinski definition) is 2. The molecule has 2 N–H and O–H groups in total. The van der Waals surface area contributed by atoms with Crippen molar-refractivity contribution < 1.29 is 32.2 Å². The lowest BCUT2D eigenvalue weighted by Gasteiger charge is -2.35. The maximum absolute atomic E-state index is 13.9. The molecule has 0 spiro atoms. The molecule has 0 aliphatic heterocycles. The number of esters is 1. The van der Waals surface area contributed by atoms with Crippen molar-refractivity contribution in [3.63, 3.8) is 0 Å². The average Bonchev–Trinajstić information content (AvgIpc) is 2.66. The Morgan fingerprint density at radius 1 is 0.964 bits per heavy atom. The van der Waals surface area contributed by atoms with E-state index in [9.17, 15) is 22.8 Å². The zero-order valence-corrected chi connectivity index (χ0v) is 15.0. The van der Waals surface area contributed by atoms with Crippen LogP contribution in [-0.4, -0.2) is 36.9 Å². The van der Waals surface area contributed by atoms with Crippen LogP contribution in [0.25, 0.3) is 0 Å². The van der Waals surface area contributed by atoms with E-state index in [-0.39, 0.29) is 12.3 Å². The molecule has 2 aromatic carbocycles. The van der Waals surface area contributed by atoms with E-state index in [4.69, 9.17) is 4.74 Å². The van der Waals surface area contributed by atoms with Gasteiger partial charge < -0.3 is 20.1 Å². The van der Waals surface area contributed by atoms with Gasteiger partial charge in [-0.2, -0.15) is 13.2 Å². The predicted octanol–water partition coefficient (Wildman–Crippen LogP) is 3.12. The molecule has 0 aromatic heterocycles. The van der Waals surface area contributed by atoms with Crippen LogP contribution in [0.3, 0.4) is 0 Å². The van der Waals surface area contributed by atoms with Gasteiger partial charge in [-0.05, 0) is 31.2 Å². The first-order chi connectivity index (χ1) is 13.3. The first kappa shape index (κ1) is 21.1. The van der Waals surface area contributed by atoms with Crippen molar-refractivity contribution >= 4 is 17.6 Å². The number of amides is 1. The van der Waals surface area contributed by atoms with Crippen molar-refractivity contribution in [3.05, 3.63) is 60.7 Å². The second kappa shape index (κ2) is 9.12. The summed E-state index contributed by atoms with van der Waals surface area (Å²) < 4.78 is 51.6. The lowest BCUT2D eigenvalue weighted by atomic mass is 10.1. The highest BCUT2D eigenvalue weighted by Crippen LogP contribution is 2.33. The Balaban J connectivity index is 2.27. The SMILES string of the molecule is CCOC(=O)[C@](NC(=O)COc1ccccc1)(Nc1ccccc1)C(F)(F)F. The normalized spacial score (nSPS) is 13.1. The molecule has 28 heavy (non-hydrogen) atoms. The van der Waals surface area contributed by atoms with Gasteiger partial charge in [0.1, 0.15) is 5.75 Å². The molecule has 9 heteroatoms. The second-order valence-corrected chi connectivity index (χ2v) is 5.61. The van der Waals surface area contributed by atoms with Gasteiger partial charge in [-0.15, -0.1) is 0 Å². The fourth-order valence-electron chi connectivity index (χ4n) is 2.28. The molecule has 0 aliphatic carbocycles. The third-order valence-electron chi connectivity index (χ3n) is 3.55. The molecule has 150 valence electrons. The third-order valence-corrected chi connectivity index (χ3v) is 3.55. The highest BCUT2D eigenvalue weighted by molar-refractivity contribution is 5.91. The van der Waals surface area contributed by atoms with E-state index in [1.165, 1.54) is 43.3 Å². The van der Waals surface area contributed by atoms with Gasteiger partial charge >= 0.3 is 17.8 Å². The fraction of sp³-hybridized carbons (Fsp3) is 0.263. The minimum Gasteiger partial charge on any atom is -0.484 e. The smallest absolute Gasteiger partial charge is 0.441 e. The number of benzene rings is 2. The van der Waals surface area contributed by atoms with Crippen molar-refractivity contribution in [2.75, 3.05) is 18.5 Å². The number of anilines is 1. The van der Waals surface area contributed by atoms with Gasteiger partial charge in [-0.1, -0.05) is 36.4 Å². The van der Waals surface area contributed by atoms with Crippen LogP contribution in [0.1, 0.15) is 6.92 Å². The van der Waals surface area contributed by atoms with Crippen LogP contribution in [0, 0.1) is 0 Å². The zero-order valence-electron chi connectivity index (χ0n) is 15.0. The minimum atomic E-state index is -5.20. The molecule has 2 rings (SSSR count). The summed E-state index contributed by atoms with van der Waals surface area (Å²) in [6, 6.07) is 15.3. The number of para-hydroxylation sites is 2. The van der Waals surface area contributed by atoms with Gasteiger partial charge in [0.2, 0.25) is 0 Å². The highest BCUT2D eigenvalue weighted by atomic mass is 19.4. The van der Waals surface area contributed by atoms with Crippen LogP contribution in [0.2, 0.25) is 0 Å². The summed E-state index contributed by atoms with van der Waals surface area (Å²) in [6.45, 7) is 0.336. The lowest BCUT2D eigenvalue weighted by molar-refractivity contribution is -0.208. The van der Waals surface area contributed by atoms with Crippen LogP contribution >= 0.6 is 0 Å². The molecular formula is C19H19F3N2O4. The van der Waals surface area contributed by atoms with Crippen molar-refractivity contribution in [2.24, 2.45) is 0 Å². The summed E-state index contributed by atoms with van der Waals surface area (Å²) in [4.78, 5) is 24.5. The molecular weight excluding hydrogens is 377 g/mol. The second-order valence-electron chi connectivity index (χ2n) is 5.61. The first-order valence-electron chi connectivity index (χ1n) is 8.34. The monoisotopic (exact) mass is 396 g/mol. The molecule has 0 bridgehead atoms. The number of rotatable bonds is 8. The predicted molar refractivity (Wildman–Crippen MR) is 95.6 cm³/mol. The highest BCUT2D eigenvalue weighted by Gasteiger charge is 2.63. The van der Waals surface area contributed by atoms with Gasteiger partial charge in [0.25, 0.3) is 5.91 Å². The van der Waals surface area contributed by atoms with Crippen molar-refractivity contribution in [1.82, 2.24) is 5.32 Å². The van der Waals surface area contributed by atoms with Crippen LogP contribution in [-0.2, 0) is 14.3 Å². The average molecular weight is 396 g/mol. The molecule has 1 atom stereocenters. The van der Waals surface area contributed by atoms with Gasteiger partial charge in [0.05, 0.1) is 6.61 Å². The number of carbonyl (C=O) groups is 2. The fourth-order valence-corrected chi connectivity index (χ4v) is 2.28. The number of halogens is 3. The van der Waals surface area contributed by atoms with Crippen molar-refractivity contribution in [3.8, 4) is 5.75 Å². The number of carbonyl (C=O) groups excluding carboxylic acids is 2. The maximum atomic E-state index is 13.9. The molecule has 0 aliphatic rings. The van der Waals surface area contributed by atoms with E-state index in [1.807, 2.05) is 0 Å². The Morgan fingerprint density at radius 2 is 1.54 bits per heavy atom. The van der Waals surface area contributed by atoms with Crippen molar-refractivity contribution in [1.29, 1.82) is 0 Å². The number of hydrogen-bond acceptors (Lipinski definition) is 5. The van der Waals surface area contributed by atoms with Crippen LogP contribution in [0.15, 0.2) is 60.7 Å². The zero-order chi connectivity index (χ0) is 20.6. The van der Waals surface area contributed by atoms with Crippen LogP contribution < -0.4 is 15.4 Å². The molecule has 0 fully saturated rings. The number of alkyl halides is 3. The van der Waals surface area contributed by atoms with Crippen LogP contribution in [0.5, 0.6) is 5.75 Å². The molecule has 0 saturated carbocycles. The first-order valence-corrected chi connectivity index (χ1v) is 8.34. The topological polar surface area (TPSA) is 76.7 Å². The van der Waals surface area contributed by atoms with E-state index in [0.29, 0.717) is 5.75 Å². The standard InChI is InChI=1S/C19H19F3N2O4/c1-2-27-17(26)18(19(20,21)22,23-14-9-5-3-6-10-14)24-16(25)13-28-15-11-7-4-8-12-15/h3-12,23H,2,13H2,1H3,(H,24,25)/t18-/m1/s1. The van der Waals surface area contributed by atoms with E-state index in [0.717, 1.165) is 0 Å². The maximum Gasteiger partial charge on any atom is 0.441 e. The number of ether oxygens (including phenoxy) is 2. The Kier molecular flexibility index (Phi) is 6.86. The molecule has 0 unspecified atom stereocenters. The molecule has 6 nitrogen and oxygen atoms in total. The molecule has 2 aromatic rings. The van der Waals surface area contributed by atoms with Gasteiger partial charge in [-0.25, -0.2) is 4.79 Å². The Labute approximate surface area is 159 Å². The quantitative estimate of drug-likeness (QED) is 0.530.